The molecule has 2 saturated heterocycles. The van der Waals surface area contributed by atoms with Crippen LogP contribution in [-0.2, 0) is 16.1 Å². The molecule has 0 radical (unpaired) electrons. The lowest BCUT2D eigenvalue weighted by atomic mass is 9.91. The number of likely N-dealkylation sites (tertiary alicyclic amines) is 1. The maximum Gasteiger partial charge on any atom is 0.228 e. The van der Waals surface area contributed by atoms with E-state index < -0.39 is 0 Å². The Hall–Kier alpha value is -2.32. The summed E-state index contributed by atoms with van der Waals surface area (Å²) in [4.78, 5) is 28.2. The fourth-order valence-electron chi connectivity index (χ4n) is 4.12. The fraction of sp³-hybridized carbons (Fsp3) is 0.520. The van der Waals surface area contributed by atoms with Crippen LogP contribution in [0.25, 0.3) is 0 Å². The molecule has 2 unspecified atom stereocenters. The van der Waals surface area contributed by atoms with Crippen LogP contribution in [0.15, 0.2) is 56.5 Å². The van der Waals surface area contributed by atoms with Gasteiger partial charge in [-0.15, -0.1) is 0 Å². The summed E-state index contributed by atoms with van der Waals surface area (Å²) in [6, 6.07) is 3.99. The molecule has 1 aromatic rings. The number of aliphatic imine (C=N–C) groups is 2. The number of piperidine rings is 1. The van der Waals surface area contributed by atoms with Crippen LogP contribution in [0.1, 0.15) is 38.7 Å². The van der Waals surface area contributed by atoms with E-state index >= 15 is 0 Å². The van der Waals surface area contributed by atoms with E-state index in [2.05, 4.69) is 44.2 Å². The first kappa shape index (κ1) is 25.3. The molecule has 0 spiro atoms. The van der Waals surface area contributed by atoms with Gasteiger partial charge in [0.25, 0.3) is 0 Å². The van der Waals surface area contributed by atoms with E-state index in [0.29, 0.717) is 26.3 Å². The molecule has 0 bridgehead atoms. The Morgan fingerprint density at radius 2 is 2.21 bits per heavy atom. The number of nitrogens with zero attached hydrogens (tertiary/aromatic N) is 4. The molecule has 0 saturated carbocycles. The molecule has 3 heterocycles. The molecule has 1 N–H and O–H groups in total. The number of ether oxygens (including phenoxy) is 1. The smallest absolute Gasteiger partial charge is 0.228 e. The molecule has 8 heteroatoms. The number of carbonyl (C=O) groups excluding carboxylic acids is 1. The number of hydrogen-bond acceptors (Lipinski definition) is 6. The SMILES string of the molecule is CN=C/C(Br)=C(C)/N=C(\C=C(/C)NCc1cccnc1)C1CCCN(C(=O)C2CCOC2)C1. The molecule has 2 aliphatic heterocycles. The van der Waals surface area contributed by atoms with Gasteiger partial charge in [0.1, 0.15) is 0 Å². The third-order valence-corrected chi connectivity index (χ3v) is 6.75. The van der Waals surface area contributed by atoms with Crippen LogP contribution in [0.3, 0.4) is 0 Å². The molecule has 3 rings (SSSR count). The molecule has 1 amide bonds. The van der Waals surface area contributed by atoms with Crippen molar-refractivity contribution < 1.29 is 9.53 Å². The van der Waals surface area contributed by atoms with E-state index in [9.17, 15) is 4.79 Å². The van der Waals surface area contributed by atoms with E-state index in [1.807, 2.05) is 30.2 Å². The maximum atomic E-state index is 13.0. The van der Waals surface area contributed by atoms with Gasteiger partial charge >= 0.3 is 0 Å². The molecule has 33 heavy (non-hydrogen) atoms. The summed E-state index contributed by atoms with van der Waals surface area (Å²) in [6.07, 6.45) is 10.3. The number of allylic oxidation sites excluding steroid dienone is 4. The topological polar surface area (TPSA) is 79.2 Å². The largest absolute Gasteiger partial charge is 0.384 e. The van der Waals surface area contributed by atoms with Crippen LogP contribution in [0.2, 0.25) is 0 Å². The highest BCUT2D eigenvalue weighted by atomic mass is 79.9. The van der Waals surface area contributed by atoms with Crippen molar-refractivity contribution in [3.05, 3.63) is 52.0 Å². The number of amides is 1. The first-order chi connectivity index (χ1) is 16.0. The van der Waals surface area contributed by atoms with Crippen LogP contribution in [0.4, 0.5) is 0 Å². The number of nitrogens with one attached hydrogen (secondary N) is 1. The van der Waals surface area contributed by atoms with Crippen LogP contribution in [0.5, 0.6) is 0 Å². The third kappa shape index (κ3) is 7.61. The standard InChI is InChI=1S/C25H34BrN5O2/c1-18(29-14-20-6-4-9-28-13-20)12-24(30-19(2)23(26)15-27-3)21-7-5-10-31(16-21)25(32)22-8-11-33-17-22/h4,6,9,12-13,15,21-22,29H,5,7-8,10-11,14,16-17H2,1-3H3/b18-12+,23-19-,27-15?,30-24+. The van der Waals surface area contributed by atoms with Crippen LogP contribution < -0.4 is 5.32 Å². The van der Waals surface area contributed by atoms with Crippen molar-refractivity contribution >= 4 is 33.8 Å². The van der Waals surface area contributed by atoms with Crippen molar-refractivity contribution in [3.63, 3.8) is 0 Å². The van der Waals surface area contributed by atoms with Crippen molar-refractivity contribution in [1.29, 1.82) is 0 Å². The van der Waals surface area contributed by atoms with Crippen molar-refractivity contribution in [2.24, 2.45) is 21.8 Å². The van der Waals surface area contributed by atoms with E-state index in [4.69, 9.17) is 9.73 Å². The molecule has 178 valence electrons. The highest BCUT2D eigenvalue weighted by Gasteiger charge is 2.32. The maximum absolute atomic E-state index is 13.0. The molecule has 2 atom stereocenters. The zero-order valence-corrected chi connectivity index (χ0v) is 21.3. The lowest BCUT2D eigenvalue weighted by molar-refractivity contribution is -0.136. The molecule has 0 aromatic carbocycles. The van der Waals surface area contributed by atoms with Gasteiger partial charge in [0.15, 0.2) is 0 Å². The van der Waals surface area contributed by atoms with E-state index in [1.54, 1.807) is 19.5 Å². The number of hydrogen-bond donors (Lipinski definition) is 1. The zero-order valence-electron chi connectivity index (χ0n) is 19.8. The Morgan fingerprint density at radius 3 is 2.91 bits per heavy atom. The van der Waals surface area contributed by atoms with Gasteiger partial charge in [-0.1, -0.05) is 6.07 Å². The summed E-state index contributed by atoms with van der Waals surface area (Å²) in [5.74, 6) is 0.395. The van der Waals surface area contributed by atoms with Gasteiger partial charge in [-0.2, -0.15) is 0 Å². The lowest BCUT2D eigenvalue weighted by Gasteiger charge is -2.34. The molecular weight excluding hydrogens is 482 g/mol. The lowest BCUT2D eigenvalue weighted by Crippen LogP contribution is -2.45. The summed E-state index contributed by atoms with van der Waals surface area (Å²) in [6.45, 7) is 7.44. The predicted octanol–water partition coefficient (Wildman–Crippen LogP) is 4.12. The van der Waals surface area contributed by atoms with E-state index in [1.165, 1.54) is 0 Å². The Kier molecular flexibility index (Phi) is 9.81. The Balaban J connectivity index is 1.79. The van der Waals surface area contributed by atoms with E-state index in [0.717, 1.165) is 53.0 Å². The summed E-state index contributed by atoms with van der Waals surface area (Å²) in [7, 11) is 1.74. The van der Waals surface area contributed by atoms with Gasteiger partial charge in [0.05, 0.1) is 22.7 Å². The minimum Gasteiger partial charge on any atom is -0.384 e. The van der Waals surface area contributed by atoms with Crippen molar-refractivity contribution in [2.75, 3.05) is 33.4 Å². The van der Waals surface area contributed by atoms with Crippen LogP contribution in [-0.4, -0.2) is 61.1 Å². The van der Waals surface area contributed by atoms with Gasteiger partial charge in [-0.25, -0.2) is 0 Å². The monoisotopic (exact) mass is 515 g/mol. The van der Waals surface area contributed by atoms with E-state index in [-0.39, 0.29) is 17.7 Å². The first-order valence-corrected chi connectivity index (χ1v) is 12.3. The number of pyridine rings is 1. The zero-order chi connectivity index (χ0) is 23.6. The second-order valence-corrected chi connectivity index (χ2v) is 9.44. The Morgan fingerprint density at radius 1 is 1.36 bits per heavy atom. The average molecular weight is 516 g/mol. The number of carbonyl (C=O) groups is 1. The first-order valence-electron chi connectivity index (χ1n) is 11.5. The molecule has 1 aromatic heterocycles. The predicted molar refractivity (Wildman–Crippen MR) is 137 cm³/mol. The quantitative estimate of drug-likeness (QED) is 0.528. The second kappa shape index (κ2) is 12.8. The van der Waals surface area contributed by atoms with Crippen molar-refractivity contribution in [2.45, 2.75) is 39.7 Å². The highest BCUT2D eigenvalue weighted by Crippen LogP contribution is 2.25. The third-order valence-electron chi connectivity index (χ3n) is 5.97. The summed E-state index contributed by atoms with van der Waals surface area (Å²) in [5, 5.41) is 3.46. The molecule has 2 aliphatic rings. The average Bonchev–Trinajstić information content (AvgIpc) is 3.38. The highest BCUT2D eigenvalue weighted by molar-refractivity contribution is 9.12. The number of rotatable bonds is 8. The molecule has 0 aliphatic carbocycles. The van der Waals surface area contributed by atoms with Gasteiger partial charge in [-0.05, 0) is 66.7 Å². The van der Waals surface area contributed by atoms with Crippen LogP contribution in [0, 0.1) is 11.8 Å². The summed E-state index contributed by atoms with van der Waals surface area (Å²) in [5.41, 5.74) is 3.98. The molecular formula is C25H34BrN5O2. The second-order valence-electron chi connectivity index (χ2n) is 8.58. The fourth-order valence-corrected chi connectivity index (χ4v) is 4.41. The van der Waals surface area contributed by atoms with Crippen molar-refractivity contribution in [3.8, 4) is 0 Å². The van der Waals surface area contributed by atoms with Gasteiger partial charge < -0.3 is 15.0 Å². The Bertz CT molecular complexity index is 920. The van der Waals surface area contributed by atoms with Gasteiger partial charge in [0.2, 0.25) is 5.91 Å². The molecule has 2 fully saturated rings. The number of aromatic nitrogens is 1. The van der Waals surface area contributed by atoms with Gasteiger partial charge in [0, 0.05) is 69.2 Å². The normalized spacial score (nSPS) is 23.1. The number of halogens is 1. The minimum atomic E-state index is -0.000826. The summed E-state index contributed by atoms with van der Waals surface area (Å²) < 4.78 is 6.29. The van der Waals surface area contributed by atoms with Crippen molar-refractivity contribution in [1.82, 2.24) is 15.2 Å². The van der Waals surface area contributed by atoms with Crippen LogP contribution >= 0.6 is 15.9 Å². The minimum absolute atomic E-state index is 0.000826. The Labute approximate surface area is 205 Å². The van der Waals surface area contributed by atoms with Gasteiger partial charge in [-0.3, -0.25) is 19.8 Å². The summed E-state index contributed by atoms with van der Waals surface area (Å²) >= 11 is 3.56. The molecule has 7 nitrogen and oxygen atoms in total.